The van der Waals surface area contributed by atoms with Gasteiger partial charge in [0.05, 0.1) is 5.56 Å². The van der Waals surface area contributed by atoms with Crippen molar-refractivity contribution in [1.82, 2.24) is 25.2 Å². The number of aromatic nitrogens is 3. The second-order valence-corrected chi connectivity index (χ2v) is 5.43. The summed E-state index contributed by atoms with van der Waals surface area (Å²) >= 11 is 0. The molecule has 2 amide bonds. The van der Waals surface area contributed by atoms with Crippen LogP contribution in [-0.4, -0.2) is 38.9 Å². The van der Waals surface area contributed by atoms with E-state index in [4.69, 9.17) is 0 Å². The van der Waals surface area contributed by atoms with Crippen molar-refractivity contribution in [3.63, 3.8) is 0 Å². The largest absolute Gasteiger partial charge is 0.354 e. The molecule has 7 heteroatoms. The topological polar surface area (TPSA) is 88.9 Å². The maximum Gasteiger partial charge on any atom is 0.253 e. The van der Waals surface area contributed by atoms with Crippen LogP contribution >= 0.6 is 0 Å². The molecule has 3 rings (SSSR count). The summed E-state index contributed by atoms with van der Waals surface area (Å²) in [5.74, 6) is 1.22. The first-order valence-electron chi connectivity index (χ1n) is 7.76. The maximum atomic E-state index is 12.2. The summed E-state index contributed by atoms with van der Waals surface area (Å²) in [5, 5.41) is 5.50. The van der Waals surface area contributed by atoms with E-state index >= 15 is 0 Å². The monoisotopic (exact) mass is 313 g/mol. The zero-order chi connectivity index (χ0) is 16.2. The number of imidazole rings is 1. The Labute approximate surface area is 134 Å². The quantitative estimate of drug-likeness (QED) is 0.875. The molecule has 1 atom stereocenters. The van der Waals surface area contributed by atoms with Gasteiger partial charge < -0.3 is 10.6 Å². The standard InChI is InChI=1S/C16H19N5O2/c1-2-13-17-8-9-21(13)14-6-5-11(10-19-14)15(22)20-12-4-3-7-18-16(12)23/h5-6,8-10,12H,2-4,7H2,1H3,(H,18,23)(H,20,22)/t12-/m0/s1. The van der Waals surface area contributed by atoms with E-state index < -0.39 is 6.04 Å². The molecule has 0 unspecified atom stereocenters. The number of hydrogen-bond donors (Lipinski definition) is 2. The van der Waals surface area contributed by atoms with Crippen LogP contribution in [0.3, 0.4) is 0 Å². The lowest BCUT2D eigenvalue weighted by molar-refractivity contribution is -0.124. The third kappa shape index (κ3) is 3.23. The summed E-state index contributed by atoms with van der Waals surface area (Å²) in [4.78, 5) is 32.5. The number of carbonyl (C=O) groups excluding carboxylic acids is 2. The molecule has 0 saturated carbocycles. The highest BCUT2D eigenvalue weighted by Crippen LogP contribution is 2.10. The first-order valence-corrected chi connectivity index (χ1v) is 7.76. The van der Waals surface area contributed by atoms with Crippen LogP contribution in [0, 0.1) is 0 Å². The lowest BCUT2D eigenvalue weighted by atomic mass is 10.1. The maximum absolute atomic E-state index is 12.2. The number of carbonyl (C=O) groups is 2. The molecular formula is C16H19N5O2. The minimum Gasteiger partial charge on any atom is -0.354 e. The van der Waals surface area contributed by atoms with Gasteiger partial charge in [-0.3, -0.25) is 14.2 Å². The molecule has 2 aromatic rings. The highest BCUT2D eigenvalue weighted by Gasteiger charge is 2.24. The van der Waals surface area contributed by atoms with Crippen LogP contribution in [0.2, 0.25) is 0 Å². The molecule has 1 aliphatic heterocycles. The van der Waals surface area contributed by atoms with E-state index in [1.807, 2.05) is 17.7 Å². The molecule has 0 spiro atoms. The Morgan fingerprint density at radius 1 is 1.43 bits per heavy atom. The summed E-state index contributed by atoms with van der Waals surface area (Å²) in [5.41, 5.74) is 0.435. The van der Waals surface area contributed by atoms with Crippen molar-refractivity contribution in [2.24, 2.45) is 0 Å². The van der Waals surface area contributed by atoms with Gasteiger partial charge in [0.2, 0.25) is 5.91 Å². The Kier molecular flexibility index (Phi) is 4.36. The summed E-state index contributed by atoms with van der Waals surface area (Å²) in [6, 6.07) is 3.02. The van der Waals surface area contributed by atoms with Gasteiger partial charge in [0, 0.05) is 31.6 Å². The van der Waals surface area contributed by atoms with E-state index in [0.717, 1.165) is 18.7 Å². The molecule has 0 radical (unpaired) electrons. The first kappa shape index (κ1) is 15.2. The minimum absolute atomic E-state index is 0.125. The summed E-state index contributed by atoms with van der Waals surface area (Å²) in [7, 11) is 0. The van der Waals surface area contributed by atoms with E-state index in [1.54, 1.807) is 18.3 Å². The zero-order valence-electron chi connectivity index (χ0n) is 13.0. The van der Waals surface area contributed by atoms with Gasteiger partial charge in [-0.2, -0.15) is 0 Å². The Morgan fingerprint density at radius 3 is 3.00 bits per heavy atom. The van der Waals surface area contributed by atoms with Gasteiger partial charge in [0.25, 0.3) is 5.91 Å². The first-order chi connectivity index (χ1) is 11.2. The molecular weight excluding hydrogens is 294 g/mol. The molecule has 23 heavy (non-hydrogen) atoms. The second-order valence-electron chi connectivity index (χ2n) is 5.43. The molecule has 1 saturated heterocycles. The Bertz CT molecular complexity index is 708. The molecule has 0 aromatic carbocycles. The van der Waals surface area contributed by atoms with Crippen LogP contribution in [-0.2, 0) is 11.2 Å². The van der Waals surface area contributed by atoms with E-state index in [1.165, 1.54) is 6.20 Å². The Hall–Kier alpha value is -2.70. The highest BCUT2D eigenvalue weighted by atomic mass is 16.2. The van der Waals surface area contributed by atoms with Crippen molar-refractivity contribution in [1.29, 1.82) is 0 Å². The van der Waals surface area contributed by atoms with Crippen molar-refractivity contribution < 1.29 is 9.59 Å². The molecule has 7 nitrogen and oxygen atoms in total. The zero-order valence-corrected chi connectivity index (χ0v) is 13.0. The molecule has 0 bridgehead atoms. The van der Waals surface area contributed by atoms with Crippen LogP contribution in [0.1, 0.15) is 35.9 Å². The van der Waals surface area contributed by atoms with E-state index in [0.29, 0.717) is 24.3 Å². The number of hydrogen-bond acceptors (Lipinski definition) is 4. The SMILES string of the molecule is CCc1nccn1-c1ccc(C(=O)N[C@H]2CCCNC2=O)cn1. The molecule has 1 aliphatic rings. The molecule has 1 fully saturated rings. The number of aryl methyl sites for hydroxylation is 1. The lowest BCUT2D eigenvalue weighted by Gasteiger charge is -2.22. The van der Waals surface area contributed by atoms with Gasteiger partial charge >= 0.3 is 0 Å². The minimum atomic E-state index is -0.462. The molecule has 120 valence electrons. The number of nitrogens with zero attached hydrogens (tertiary/aromatic N) is 3. The summed E-state index contributed by atoms with van der Waals surface area (Å²) in [6.07, 6.45) is 7.42. The van der Waals surface area contributed by atoms with Crippen LogP contribution in [0.15, 0.2) is 30.7 Å². The predicted molar refractivity (Wildman–Crippen MR) is 84.2 cm³/mol. The number of piperidine rings is 1. The third-order valence-electron chi connectivity index (χ3n) is 3.88. The fraction of sp³-hybridized carbons (Fsp3) is 0.375. The van der Waals surface area contributed by atoms with Crippen molar-refractivity contribution in [3.05, 3.63) is 42.1 Å². The fourth-order valence-electron chi connectivity index (χ4n) is 2.62. The normalized spacial score (nSPS) is 17.6. The van der Waals surface area contributed by atoms with Crippen LogP contribution in [0.4, 0.5) is 0 Å². The summed E-state index contributed by atoms with van der Waals surface area (Å²) < 4.78 is 1.89. The number of rotatable bonds is 4. The van der Waals surface area contributed by atoms with Crippen molar-refractivity contribution in [2.75, 3.05) is 6.54 Å². The van der Waals surface area contributed by atoms with E-state index in [9.17, 15) is 9.59 Å². The average Bonchev–Trinajstić information content (AvgIpc) is 3.05. The highest BCUT2D eigenvalue weighted by molar-refractivity contribution is 5.97. The molecule has 2 N–H and O–H groups in total. The van der Waals surface area contributed by atoms with Gasteiger partial charge in [-0.25, -0.2) is 9.97 Å². The van der Waals surface area contributed by atoms with Crippen molar-refractivity contribution >= 4 is 11.8 Å². The molecule has 2 aromatic heterocycles. The smallest absolute Gasteiger partial charge is 0.253 e. The van der Waals surface area contributed by atoms with Crippen molar-refractivity contribution in [3.8, 4) is 5.82 Å². The third-order valence-corrected chi connectivity index (χ3v) is 3.88. The fourth-order valence-corrected chi connectivity index (χ4v) is 2.62. The number of pyridine rings is 1. The van der Waals surface area contributed by atoms with E-state index in [-0.39, 0.29) is 11.8 Å². The molecule has 0 aliphatic carbocycles. The van der Waals surface area contributed by atoms with Gasteiger partial charge in [-0.05, 0) is 25.0 Å². The summed E-state index contributed by atoms with van der Waals surface area (Å²) in [6.45, 7) is 2.70. The lowest BCUT2D eigenvalue weighted by Crippen LogP contribution is -2.50. The van der Waals surface area contributed by atoms with Crippen molar-refractivity contribution in [2.45, 2.75) is 32.2 Å². The predicted octanol–water partition coefficient (Wildman–Crippen LogP) is 0.838. The Morgan fingerprint density at radius 2 is 2.30 bits per heavy atom. The number of nitrogens with one attached hydrogen (secondary N) is 2. The number of amides is 2. The van der Waals surface area contributed by atoms with Crippen LogP contribution in [0.5, 0.6) is 0 Å². The van der Waals surface area contributed by atoms with Gasteiger partial charge in [0.1, 0.15) is 17.7 Å². The van der Waals surface area contributed by atoms with Crippen LogP contribution < -0.4 is 10.6 Å². The van der Waals surface area contributed by atoms with Gasteiger partial charge in [0.15, 0.2) is 0 Å². The Balaban J connectivity index is 1.71. The van der Waals surface area contributed by atoms with Crippen LogP contribution in [0.25, 0.3) is 5.82 Å². The second kappa shape index (κ2) is 6.60. The van der Waals surface area contributed by atoms with Gasteiger partial charge in [-0.15, -0.1) is 0 Å². The average molecular weight is 313 g/mol. The molecule has 3 heterocycles. The van der Waals surface area contributed by atoms with Gasteiger partial charge in [-0.1, -0.05) is 6.92 Å². The van der Waals surface area contributed by atoms with E-state index in [2.05, 4.69) is 20.6 Å².